The zero-order valence-corrected chi connectivity index (χ0v) is 12.0. The topological polar surface area (TPSA) is 59.0 Å². The van der Waals surface area contributed by atoms with Gasteiger partial charge in [0.05, 0.1) is 0 Å². The van der Waals surface area contributed by atoms with Crippen molar-refractivity contribution in [1.29, 1.82) is 0 Å². The van der Waals surface area contributed by atoms with Crippen LogP contribution in [0.25, 0.3) is 0 Å². The van der Waals surface area contributed by atoms with E-state index in [1.165, 1.54) is 0 Å². The number of carboxylic acids is 1. The molecule has 114 valence electrons. The molecule has 2 saturated heterocycles. The standard InChI is InChI=1S/C16H21NO4/c18-15(19)16(7-10-20-11-8-16)17-9-6-14(12-17)21-13-4-2-1-3-5-13/h1-5,14H,6-12H2,(H,18,19)/t14-/m1/s1. The highest BCUT2D eigenvalue weighted by atomic mass is 16.5. The highest BCUT2D eigenvalue weighted by Crippen LogP contribution is 2.32. The first-order valence-electron chi connectivity index (χ1n) is 7.49. The monoisotopic (exact) mass is 291 g/mol. The van der Waals surface area contributed by atoms with Crippen molar-refractivity contribution in [2.45, 2.75) is 30.9 Å². The molecule has 0 bridgehead atoms. The molecule has 0 unspecified atom stereocenters. The minimum absolute atomic E-state index is 0.0615. The van der Waals surface area contributed by atoms with Crippen LogP contribution in [0.15, 0.2) is 30.3 Å². The summed E-state index contributed by atoms with van der Waals surface area (Å²) in [6, 6.07) is 9.71. The number of aliphatic carboxylic acids is 1. The number of likely N-dealkylation sites (tertiary alicyclic amines) is 1. The lowest BCUT2D eigenvalue weighted by molar-refractivity contribution is -0.158. The van der Waals surface area contributed by atoms with E-state index in [4.69, 9.17) is 9.47 Å². The normalized spacial score (nSPS) is 25.6. The Kier molecular flexibility index (Phi) is 4.12. The van der Waals surface area contributed by atoms with Gasteiger partial charge in [0.2, 0.25) is 0 Å². The van der Waals surface area contributed by atoms with E-state index < -0.39 is 11.5 Å². The van der Waals surface area contributed by atoms with Crippen LogP contribution in [0.1, 0.15) is 19.3 Å². The Hall–Kier alpha value is -1.59. The number of ether oxygens (including phenoxy) is 2. The predicted molar refractivity (Wildman–Crippen MR) is 77.5 cm³/mol. The molecular formula is C16H21NO4. The Morgan fingerprint density at radius 1 is 1.29 bits per heavy atom. The summed E-state index contributed by atoms with van der Waals surface area (Å²) in [7, 11) is 0. The van der Waals surface area contributed by atoms with E-state index >= 15 is 0 Å². The minimum atomic E-state index is -0.771. The third kappa shape index (κ3) is 2.89. The Bertz CT molecular complexity index is 484. The fourth-order valence-corrected chi connectivity index (χ4v) is 3.28. The molecule has 2 fully saturated rings. The number of hydrogen-bond donors (Lipinski definition) is 1. The third-order valence-electron chi connectivity index (χ3n) is 4.51. The van der Waals surface area contributed by atoms with Crippen molar-refractivity contribution in [3.8, 4) is 5.75 Å². The number of benzene rings is 1. The summed E-state index contributed by atoms with van der Waals surface area (Å²) in [6.45, 7) is 2.48. The smallest absolute Gasteiger partial charge is 0.324 e. The van der Waals surface area contributed by atoms with Crippen LogP contribution in [0.5, 0.6) is 5.75 Å². The van der Waals surface area contributed by atoms with Crippen molar-refractivity contribution < 1.29 is 19.4 Å². The van der Waals surface area contributed by atoms with E-state index in [0.29, 0.717) is 32.6 Å². The summed E-state index contributed by atoms with van der Waals surface area (Å²) in [5.41, 5.74) is -0.771. The quantitative estimate of drug-likeness (QED) is 0.916. The van der Waals surface area contributed by atoms with Crippen molar-refractivity contribution in [1.82, 2.24) is 4.90 Å². The molecular weight excluding hydrogens is 270 g/mol. The van der Waals surface area contributed by atoms with E-state index in [-0.39, 0.29) is 6.10 Å². The molecule has 0 aliphatic carbocycles. The number of carboxylic acid groups (broad SMARTS) is 1. The van der Waals surface area contributed by atoms with E-state index in [1.54, 1.807) is 0 Å². The van der Waals surface area contributed by atoms with Gasteiger partial charge in [-0.05, 0) is 31.4 Å². The van der Waals surface area contributed by atoms with Crippen molar-refractivity contribution in [2.24, 2.45) is 0 Å². The maximum atomic E-state index is 11.8. The van der Waals surface area contributed by atoms with Gasteiger partial charge >= 0.3 is 5.97 Å². The molecule has 0 radical (unpaired) electrons. The summed E-state index contributed by atoms with van der Waals surface area (Å²) in [6.07, 6.45) is 2.04. The minimum Gasteiger partial charge on any atom is -0.489 e. The van der Waals surface area contributed by atoms with Crippen molar-refractivity contribution >= 4 is 5.97 Å². The summed E-state index contributed by atoms with van der Waals surface area (Å²) in [5, 5.41) is 9.69. The van der Waals surface area contributed by atoms with E-state index in [2.05, 4.69) is 4.90 Å². The zero-order chi connectivity index (χ0) is 14.7. The van der Waals surface area contributed by atoms with Gasteiger partial charge in [-0.2, -0.15) is 0 Å². The van der Waals surface area contributed by atoms with Gasteiger partial charge in [-0.15, -0.1) is 0 Å². The van der Waals surface area contributed by atoms with Crippen LogP contribution in [0.4, 0.5) is 0 Å². The lowest BCUT2D eigenvalue weighted by Gasteiger charge is -2.40. The molecule has 2 heterocycles. The molecule has 0 spiro atoms. The molecule has 3 rings (SSSR count). The molecule has 2 aliphatic rings. The molecule has 1 atom stereocenters. The zero-order valence-electron chi connectivity index (χ0n) is 12.0. The Balaban J connectivity index is 1.66. The summed E-state index contributed by atoms with van der Waals surface area (Å²) in [5.74, 6) is 0.117. The molecule has 0 saturated carbocycles. The van der Waals surface area contributed by atoms with Crippen LogP contribution in [0.2, 0.25) is 0 Å². The fourth-order valence-electron chi connectivity index (χ4n) is 3.28. The number of hydrogen-bond acceptors (Lipinski definition) is 4. The largest absolute Gasteiger partial charge is 0.489 e. The van der Waals surface area contributed by atoms with Crippen LogP contribution >= 0.6 is 0 Å². The van der Waals surface area contributed by atoms with Crippen LogP contribution in [0.3, 0.4) is 0 Å². The first kappa shape index (κ1) is 14.4. The second-order valence-electron chi connectivity index (χ2n) is 5.74. The van der Waals surface area contributed by atoms with Crippen LogP contribution in [-0.2, 0) is 9.53 Å². The second-order valence-corrected chi connectivity index (χ2v) is 5.74. The Morgan fingerprint density at radius 2 is 2.00 bits per heavy atom. The van der Waals surface area contributed by atoms with Crippen molar-refractivity contribution in [3.05, 3.63) is 30.3 Å². The van der Waals surface area contributed by atoms with Crippen LogP contribution < -0.4 is 4.74 Å². The molecule has 5 nitrogen and oxygen atoms in total. The molecule has 2 aliphatic heterocycles. The summed E-state index contributed by atoms with van der Waals surface area (Å²) >= 11 is 0. The second kappa shape index (κ2) is 6.03. The van der Waals surface area contributed by atoms with Gasteiger partial charge in [0.15, 0.2) is 0 Å². The molecule has 1 N–H and O–H groups in total. The summed E-state index contributed by atoms with van der Waals surface area (Å²) < 4.78 is 11.3. The molecule has 1 aromatic carbocycles. The lowest BCUT2D eigenvalue weighted by Crippen LogP contribution is -2.57. The summed E-state index contributed by atoms with van der Waals surface area (Å²) in [4.78, 5) is 13.9. The van der Waals surface area contributed by atoms with Crippen molar-refractivity contribution in [2.75, 3.05) is 26.3 Å². The highest BCUT2D eigenvalue weighted by Gasteiger charge is 2.48. The van der Waals surface area contributed by atoms with Crippen LogP contribution in [0, 0.1) is 0 Å². The SMILES string of the molecule is O=C(O)C1(N2CC[C@@H](Oc3ccccc3)C2)CCOCC1. The van der Waals surface area contributed by atoms with Gasteiger partial charge in [-0.25, -0.2) is 0 Å². The van der Waals surface area contributed by atoms with Gasteiger partial charge < -0.3 is 14.6 Å². The Morgan fingerprint density at radius 3 is 2.67 bits per heavy atom. The molecule has 1 aromatic rings. The molecule has 21 heavy (non-hydrogen) atoms. The average molecular weight is 291 g/mol. The highest BCUT2D eigenvalue weighted by molar-refractivity contribution is 5.79. The lowest BCUT2D eigenvalue weighted by atomic mass is 9.88. The van der Waals surface area contributed by atoms with Gasteiger partial charge in [-0.3, -0.25) is 9.69 Å². The number of rotatable bonds is 4. The van der Waals surface area contributed by atoms with Crippen LogP contribution in [-0.4, -0.2) is 53.9 Å². The number of nitrogens with zero attached hydrogens (tertiary/aromatic N) is 1. The molecule has 5 heteroatoms. The van der Waals surface area contributed by atoms with E-state index in [9.17, 15) is 9.90 Å². The average Bonchev–Trinajstić information content (AvgIpc) is 2.98. The van der Waals surface area contributed by atoms with Gasteiger partial charge in [-0.1, -0.05) is 18.2 Å². The van der Waals surface area contributed by atoms with Gasteiger partial charge in [0.1, 0.15) is 17.4 Å². The van der Waals surface area contributed by atoms with E-state index in [0.717, 1.165) is 18.7 Å². The van der Waals surface area contributed by atoms with Crippen molar-refractivity contribution in [3.63, 3.8) is 0 Å². The Labute approximate surface area is 124 Å². The number of para-hydroxylation sites is 1. The van der Waals surface area contributed by atoms with Gasteiger partial charge in [0, 0.05) is 26.3 Å². The fraction of sp³-hybridized carbons (Fsp3) is 0.562. The predicted octanol–water partition coefficient (Wildman–Crippen LogP) is 1.77. The third-order valence-corrected chi connectivity index (χ3v) is 4.51. The van der Waals surface area contributed by atoms with Gasteiger partial charge in [0.25, 0.3) is 0 Å². The molecule has 0 aromatic heterocycles. The first-order valence-corrected chi connectivity index (χ1v) is 7.49. The maximum Gasteiger partial charge on any atom is 0.324 e. The number of carbonyl (C=O) groups is 1. The maximum absolute atomic E-state index is 11.8. The first-order chi connectivity index (χ1) is 10.2. The molecule has 0 amide bonds. The van der Waals surface area contributed by atoms with E-state index in [1.807, 2.05) is 30.3 Å².